The van der Waals surface area contributed by atoms with E-state index in [0.29, 0.717) is 38.5 Å². The Morgan fingerprint density at radius 2 is 1.83 bits per heavy atom. The first kappa shape index (κ1) is 20.2. The van der Waals surface area contributed by atoms with E-state index in [4.69, 9.17) is 4.42 Å². The SMILES string of the molecule is CC1=NN(c2ccc(Br)cc2)C(=O)/C1=C\c1ccc(-c2cc([N+](=O)[O-])ccc2Br)o1. The number of amides is 1. The molecule has 0 saturated carbocycles. The van der Waals surface area contributed by atoms with E-state index in [0.717, 1.165) is 4.47 Å². The number of benzene rings is 2. The van der Waals surface area contributed by atoms with Gasteiger partial charge in [0.2, 0.25) is 0 Å². The number of halogens is 2. The summed E-state index contributed by atoms with van der Waals surface area (Å²) in [6.45, 7) is 1.75. The Bertz CT molecular complexity index is 1230. The molecule has 3 aromatic rings. The molecule has 0 fully saturated rings. The van der Waals surface area contributed by atoms with Crippen LogP contribution in [0.4, 0.5) is 11.4 Å². The third-order valence-corrected chi connectivity index (χ3v) is 5.69. The predicted molar refractivity (Wildman–Crippen MR) is 121 cm³/mol. The van der Waals surface area contributed by atoms with Crippen molar-refractivity contribution >= 4 is 60.9 Å². The summed E-state index contributed by atoms with van der Waals surface area (Å²) < 4.78 is 7.41. The quantitative estimate of drug-likeness (QED) is 0.228. The normalized spacial score (nSPS) is 15.0. The predicted octanol–water partition coefficient (Wildman–Crippen LogP) is 6.19. The molecule has 2 aromatic carbocycles. The molecular formula is C21H13Br2N3O4. The lowest BCUT2D eigenvalue weighted by Crippen LogP contribution is -2.21. The van der Waals surface area contributed by atoms with E-state index in [1.54, 1.807) is 43.3 Å². The molecule has 1 aliphatic heterocycles. The van der Waals surface area contributed by atoms with Gasteiger partial charge in [-0.3, -0.25) is 14.9 Å². The van der Waals surface area contributed by atoms with E-state index in [9.17, 15) is 14.9 Å². The number of hydrazone groups is 1. The van der Waals surface area contributed by atoms with Gasteiger partial charge in [0.25, 0.3) is 11.6 Å². The summed E-state index contributed by atoms with van der Waals surface area (Å²) >= 11 is 6.76. The Morgan fingerprint density at radius 3 is 2.53 bits per heavy atom. The number of anilines is 1. The van der Waals surface area contributed by atoms with Gasteiger partial charge in [-0.1, -0.05) is 31.9 Å². The Labute approximate surface area is 188 Å². The minimum atomic E-state index is -0.463. The molecule has 0 unspecified atom stereocenters. The molecule has 1 aromatic heterocycles. The second-order valence-electron chi connectivity index (χ2n) is 6.46. The van der Waals surface area contributed by atoms with Gasteiger partial charge in [-0.25, -0.2) is 0 Å². The molecule has 30 heavy (non-hydrogen) atoms. The zero-order valence-corrected chi connectivity index (χ0v) is 18.7. The maximum Gasteiger partial charge on any atom is 0.280 e. The Balaban J connectivity index is 1.64. The van der Waals surface area contributed by atoms with Crippen molar-refractivity contribution in [1.82, 2.24) is 0 Å². The van der Waals surface area contributed by atoms with E-state index < -0.39 is 4.92 Å². The van der Waals surface area contributed by atoms with Gasteiger partial charge in [0, 0.05) is 26.6 Å². The van der Waals surface area contributed by atoms with Crippen LogP contribution < -0.4 is 5.01 Å². The molecule has 1 aliphatic rings. The number of carbonyl (C=O) groups excluding carboxylic acids is 1. The van der Waals surface area contributed by atoms with Crippen LogP contribution in [0.25, 0.3) is 17.4 Å². The third-order valence-electron chi connectivity index (χ3n) is 4.47. The molecule has 0 saturated heterocycles. The molecule has 7 nitrogen and oxygen atoms in total. The van der Waals surface area contributed by atoms with Crippen LogP contribution in [0.15, 0.2) is 78.6 Å². The molecule has 0 atom stereocenters. The number of non-ortho nitro benzene ring substituents is 1. The fourth-order valence-electron chi connectivity index (χ4n) is 2.97. The molecule has 0 radical (unpaired) electrons. The zero-order valence-electron chi connectivity index (χ0n) is 15.5. The van der Waals surface area contributed by atoms with E-state index in [1.165, 1.54) is 17.1 Å². The van der Waals surface area contributed by atoms with Gasteiger partial charge in [0.15, 0.2) is 0 Å². The summed E-state index contributed by atoms with van der Waals surface area (Å²) in [5, 5.41) is 16.8. The van der Waals surface area contributed by atoms with Crippen molar-refractivity contribution in [3.8, 4) is 11.3 Å². The highest BCUT2D eigenvalue weighted by Gasteiger charge is 2.29. The average Bonchev–Trinajstić information content (AvgIpc) is 3.29. The van der Waals surface area contributed by atoms with Gasteiger partial charge < -0.3 is 4.42 Å². The Kier molecular flexibility index (Phi) is 5.40. The molecule has 2 heterocycles. The summed E-state index contributed by atoms with van der Waals surface area (Å²) in [6.07, 6.45) is 1.62. The van der Waals surface area contributed by atoms with Crippen molar-refractivity contribution in [3.05, 3.63) is 85.0 Å². The van der Waals surface area contributed by atoms with Crippen LogP contribution in [0.5, 0.6) is 0 Å². The average molecular weight is 531 g/mol. The van der Waals surface area contributed by atoms with Crippen molar-refractivity contribution in [3.63, 3.8) is 0 Å². The lowest BCUT2D eigenvalue weighted by Gasteiger charge is -2.11. The van der Waals surface area contributed by atoms with Gasteiger partial charge in [0.1, 0.15) is 11.5 Å². The highest BCUT2D eigenvalue weighted by molar-refractivity contribution is 9.10. The van der Waals surface area contributed by atoms with Crippen LogP contribution >= 0.6 is 31.9 Å². The molecule has 150 valence electrons. The smallest absolute Gasteiger partial charge is 0.280 e. The molecule has 0 spiro atoms. The summed E-state index contributed by atoms with van der Waals surface area (Å²) in [6, 6.07) is 15.1. The molecule has 9 heteroatoms. The lowest BCUT2D eigenvalue weighted by molar-refractivity contribution is -0.384. The van der Waals surface area contributed by atoms with Gasteiger partial charge in [-0.05, 0) is 55.5 Å². The van der Waals surface area contributed by atoms with Crippen molar-refractivity contribution in [2.75, 3.05) is 5.01 Å². The standard InChI is InChI=1S/C21H13Br2N3O4/c1-12-17(21(27)25(24-12)14-4-2-13(22)3-5-14)11-16-7-9-20(30-16)18-10-15(26(28)29)6-8-19(18)23/h2-11H,1H3/b17-11-. The summed E-state index contributed by atoms with van der Waals surface area (Å²) in [4.78, 5) is 23.5. The molecule has 0 aliphatic carbocycles. The molecule has 0 bridgehead atoms. The summed E-state index contributed by atoms with van der Waals surface area (Å²) in [7, 11) is 0. The van der Waals surface area contributed by atoms with Crippen molar-refractivity contribution in [2.45, 2.75) is 6.92 Å². The van der Waals surface area contributed by atoms with Crippen LogP contribution in [-0.4, -0.2) is 16.5 Å². The van der Waals surface area contributed by atoms with Crippen LogP contribution in [0, 0.1) is 10.1 Å². The second-order valence-corrected chi connectivity index (χ2v) is 8.23. The number of nitrogens with zero attached hydrogens (tertiary/aromatic N) is 3. The number of nitro benzene ring substituents is 1. The van der Waals surface area contributed by atoms with Crippen molar-refractivity contribution in [1.29, 1.82) is 0 Å². The highest BCUT2D eigenvalue weighted by atomic mass is 79.9. The second kappa shape index (κ2) is 8.00. The van der Waals surface area contributed by atoms with Gasteiger partial charge in [0.05, 0.1) is 21.9 Å². The number of rotatable bonds is 4. The highest BCUT2D eigenvalue weighted by Crippen LogP contribution is 2.34. The Hall–Kier alpha value is -3.04. The number of hydrogen-bond donors (Lipinski definition) is 0. The summed E-state index contributed by atoms with van der Waals surface area (Å²) in [5.74, 6) is 0.630. The first-order valence-electron chi connectivity index (χ1n) is 8.75. The number of nitro groups is 1. The number of carbonyl (C=O) groups is 1. The maximum atomic E-state index is 12.9. The zero-order chi connectivity index (χ0) is 21.4. The van der Waals surface area contributed by atoms with Crippen LogP contribution in [-0.2, 0) is 4.79 Å². The number of furan rings is 1. The van der Waals surface area contributed by atoms with E-state index >= 15 is 0 Å². The Morgan fingerprint density at radius 1 is 1.10 bits per heavy atom. The summed E-state index contributed by atoms with van der Waals surface area (Å²) in [5.41, 5.74) is 2.15. The third kappa shape index (κ3) is 3.86. The monoisotopic (exact) mass is 529 g/mol. The van der Waals surface area contributed by atoms with Gasteiger partial charge >= 0.3 is 0 Å². The molecule has 4 rings (SSSR count). The first-order chi connectivity index (χ1) is 14.3. The minimum absolute atomic E-state index is 0.0383. The first-order valence-corrected chi connectivity index (χ1v) is 10.3. The van der Waals surface area contributed by atoms with Crippen LogP contribution in [0.1, 0.15) is 12.7 Å². The van der Waals surface area contributed by atoms with Gasteiger partial charge in [-0.15, -0.1) is 0 Å². The molecule has 0 N–H and O–H groups in total. The topological polar surface area (TPSA) is 89.0 Å². The minimum Gasteiger partial charge on any atom is -0.457 e. The molecule has 1 amide bonds. The van der Waals surface area contributed by atoms with E-state index in [2.05, 4.69) is 37.0 Å². The van der Waals surface area contributed by atoms with Crippen molar-refractivity contribution in [2.24, 2.45) is 5.10 Å². The van der Waals surface area contributed by atoms with Gasteiger partial charge in [-0.2, -0.15) is 10.1 Å². The lowest BCUT2D eigenvalue weighted by atomic mass is 10.1. The maximum absolute atomic E-state index is 12.9. The molecular weight excluding hydrogens is 518 g/mol. The van der Waals surface area contributed by atoms with Crippen molar-refractivity contribution < 1.29 is 14.1 Å². The van der Waals surface area contributed by atoms with E-state index in [1.807, 2.05) is 12.1 Å². The fourth-order valence-corrected chi connectivity index (χ4v) is 3.68. The largest absolute Gasteiger partial charge is 0.457 e. The fraction of sp³-hybridized carbons (Fsp3) is 0.0476. The van der Waals surface area contributed by atoms with E-state index in [-0.39, 0.29) is 11.6 Å². The number of hydrogen-bond acceptors (Lipinski definition) is 5. The van der Waals surface area contributed by atoms with Crippen LogP contribution in [0.2, 0.25) is 0 Å². The van der Waals surface area contributed by atoms with Crippen LogP contribution in [0.3, 0.4) is 0 Å².